The molecule has 0 spiro atoms. The van der Waals surface area contributed by atoms with E-state index in [0.29, 0.717) is 0 Å². The molecule has 1 N–H and O–H groups in total. The van der Waals surface area contributed by atoms with Crippen LogP contribution in [-0.2, 0) is 9.84 Å². The molecule has 0 aromatic rings. The van der Waals surface area contributed by atoms with Crippen LogP contribution in [0.4, 0.5) is 0 Å². The van der Waals surface area contributed by atoms with Crippen LogP contribution in [0.1, 0.15) is 32.1 Å². The maximum Gasteiger partial charge on any atom is 0.164 e. The number of rotatable bonds is 4. The van der Waals surface area contributed by atoms with Crippen molar-refractivity contribution in [1.82, 2.24) is 10.2 Å². The van der Waals surface area contributed by atoms with Gasteiger partial charge >= 0.3 is 0 Å². The lowest BCUT2D eigenvalue weighted by molar-refractivity contribution is 0.215. The zero-order chi connectivity index (χ0) is 14.2. The molecule has 3 heterocycles. The minimum Gasteiger partial charge on any atom is -0.311 e. The summed E-state index contributed by atoms with van der Waals surface area (Å²) in [6.45, 7) is 1.89. The molecular weight excluding hydrogens is 292 g/mol. The van der Waals surface area contributed by atoms with Gasteiger partial charge in [-0.2, -0.15) is 11.8 Å². The van der Waals surface area contributed by atoms with E-state index in [4.69, 9.17) is 0 Å². The highest BCUT2D eigenvalue weighted by molar-refractivity contribution is 8.00. The Morgan fingerprint density at radius 1 is 1.25 bits per heavy atom. The average molecular weight is 319 g/mol. The molecule has 4 nitrogen and oxygen atoms in total. The summed E-state index contributed by atoms with van der Waals surface area (Å²) in [5.41, 5.74) is 0. The second-order valence-electron chi connectivity index (χ2n) is 6.66. The van der Waals surface area contributed by atoms with Crippen molar-refractivity contribution in [1.29, 1.82) is 0 Å². The molecule has 0 aliphatic carbocycles. The van der Waals surface area contributed by atoms with E-state index in [2.05, 4.69) is 10.2 Å². The highest BCUT2D eigenvalue weighted by Gasteiger charge is 2.35. The Kier molecular flexibility index (Phi) is 4.65. The molecule has 6 heteroatoms. The molecule has 3 unspecified atom stereocenters. The molecule has 3 fully saturated rings. The Balaban J connectivity index is 1.54. The number of nitrogens with zero attached hydrogens (tertiary/aromatic N) is 1. The van der Waals surface area contributed by atoms with Crippen LogP contribution in [0.3, 0.4) is 0 Å². The van der Waals surface area contributed by atoms with Crippen LogP contribution in [0.25, 0.3) is 0 Å². The Morgan fingerprint density at radius 2 is 1.95 bits per heavy atom. The second-order valence-corrected chi connectivity index (χ2v) is 10.0. The van der Waals surface area contributed by atoms with E-state index in [0.717, 1.165) is 42.6 Å². The fraction of sp³-hybridized carbons (Fsp3) is 1.00. The molecule has 116 valence electrons. The van der Waals surface area contributed by atoms with Gasteiger partial charge in [-0.05, 0) is 44.6 Å². The van der Waals surface area contributed by atoms with Gasteiger partial charge in [0.05, 0.1) is 0 Å². The third-order valence-corrected chi connectivity index (χ3v) is 7.77. The van der Waals surface area contributed by atoms with Crippen molar-refractivity contribution < 1.29 is 8.42 Å². The number of sulfone groups is 1. The monoisotopic (exact) mass is 318 g/mol. The van der Waals surface area contributed by atoms with Crippen LogP contribution < -0.4 is 5.32 Å². The molecule has 3 atom stereocenters. The van der Waals surface area contributed by atoms with Crippen molar-refractivity contribution in [3.8, 4) is 0 Å². The second kappa shape index (κ2) is 6.15. The molecule has 3 saturated heterocycles. The maximum absolute atomic E-state index is 11.9. The van der Waals surface area contributed by atoms with Crippen molar-refractivity contribution in [3.63, 3.8) is 0 Å². The van der Waals surface area contributed by atoms with E-state index in [-0.39, 0.29) is 5.37 Å². The van der Waals surface area contributed by atoms with Crippen LogP contribution in [0.5, 0.6) is 0 Å². The first kappa shape index (κ1) is 15.1. The van der Waals surface area contributed by atoms with Crippen LogP contribution in [-0.4, -0.2) is 61.6 Å². The van der Waals surface area contributed by atoms with Crippen LogP contribution in [0.2, 0.25) is 0 Å². The fourth-order valence-electron chi connectivity index (χ4n) is 4.02. The summed E-state index contributed by atoms with van der Waals surface area (Å²) in [4.78, 5) is 2.22. The summed E-state index contributed by atoms with van der Waals surface area (Å²) >= 11 is 1.78. The highest BCUT2D eigenvalue weighted by Crippen LogP contribution is 2.33. The largest absolute Gasteiger partial charge is 0.311 e. The number of hydrogen-bond donors (Lipinski definition) is 1. The van der Waals surface area contributed by atoms with Gasteiger partial charge in [0, 0.05) is 36.4 Å². The number of thioether (sulfide) groups is 1. The number of nitrogens with one attached hydrogen (secondary N) is 1. The van der Waals surface area contributed by atoms with Gasteiger partial charge in [-0.3, -0.25) is 4.90 Å². The van der Waals surface area contributed by atoms with Gasteiger partial charge in [0.2, 0.25) is 0 Å². The SMILES string of the molecule is CS(=O)(=O)C1CSCCN1CCC1CC2CCC(C1)N2. The molecular formula is C14H26N2O2S2. The summed E-state index contributed by atoms with van der Waals surface area (Å²) in [5.74, 6) is 2.61. The standard InChI is InChI=1S/C14H26N2O2S2/c1-20(17,18)14-10-19-7-6-16(14)5-4-11-8-12-2-3-13(9-11)15-12/h11-15H,2-10H2,1H3. The van der Waals surface area contributed by atoms with Crippen molar-refractivity contribution in [2.45, 2.75) is 49.6 Å². The lowest BCUT2D eigenvalue weighted by Gasteiger charge is -2.36. The molecule has 0 aromatic heterocycles. The first-order valence-corrected chi connectivity index (χ1v) is 10.9. The molecule has 2 bridgehead atoms. The molecule has 20 heavy (non-hydrogen) atoms. The minimum absolute atomic E-state index is 0.250. The van der Waals surface area contributed by atoms with E-state index in [1.807, 2.05) is 0 Å². The molecule has 3 aliphatic heterocycles. The summed E-state index contributed by atoms with van der Waals surface area (Å²) in [6.07, 6.45) is 7.83. The molecule has 0 aromatic carbocycles. The normalized spacial score (nSPS) is 39.0. The highest BCUT2D eigenvalue weighted by atomic mass is 32.2. The molecule has 0 amide bonds. The smallest absolute Gasteiger partial charge is 0.164 e. The first-order chi connectivity index (χ1) is 9.52. The predicted octanol–water partition coefficient (Wildman–Crippen LogP) is 1.33. The number of fused-ring (bicyclic) bond motifs is 2. The molecule has 3 aliphatic rings. The quantitative estimate of drug-likeness (QED) is 0.847. The first-order valence-electron chi connectivity index (χ1n) is 7.79. The predicted molar refractivity (Wildman–Crippen MR) is 84.8 cm³/mol. The van der Waals surface area contributed by atoms with Crippen molar-refractivity contribution in [2.75, 3.05) is 30.9 Å². The van der Waals surface area contributed by atoms with E-state index in [9.17, 15) is 8.42 Å². The summed E-state index contributed by atoms with van der Waals surface area (Å²) in [7, 11) is -2.94. The number of hydrogen-bond acceptors (Lipinski definition) is 5. The van der Waals surface area contributed by atoms with E-state index >= 15 is 0 Å². The zero-order valence-corrected chi connectivity index (χ0v) is 13.9. The molecule has 3 rings (SSSR count). The van der Waals surface area contributed by atoms with Gasteiger partial charge in [-0.15, -0.1) is 0 Å². The van der Waals surface area contributed by atoms with Crippen LogP contribution >= 0.6 is 11.8 Å². The van der Waals surface area contributed by atoms with Crippen molar-refractivity contribution in [3.05, 3.63) is 0 Å². The van der Waals surface area contributed by atoms with Crippen molar-refractivity contribution >= 4 is 21.6 Å². The van der Waals surface area contributed by atoms with Crippen molar-refractivity contribution in [2.24, 2.45) is 5.92 Å². The Hall–Kier alpha value is 0.220. The Labute approximate surface area is 127 Å². The summed E-state index contributed by atoms with van der Waals surface area (Å²) < 4.78 is 23.8. The molecule has 0 saturated carbocycles. The molecule has 0 radical (unpaired) electrons. The van der Waals surface area contributed by atoms with Gasteiger partial charge < -0.3 is 5.32 Å². The number of piperidine rings is 1. The summed E-state index contributed by atoms with van der Waals surface area (Å²) in [6, 6.07) is 1.47. The lowest BCUT2D eigenvalue weighted by Crippen LogP contribution is -2.48. The third kappa shape index (κ3) is 3.51. The van der Waals surface area contributed by atoms with Gasteiger partial charge in [0.25, 0.3) is 0 Å². The van der Waals surface area contributed by atoms with Gasteiger partial charge in [-0.25, -0.2) is 8.42 Å². The fourth-order valence-corrected chi connectivity index (χ4v) is 7.00. The Morgan fingerprint density at radius 3 is 2.60 bits per heavy atom. The van der Waals surface area contributed by atoms with E-state index < -0.39 is 9.84 Å². The summed E-state index contributed by atoms with van der Waals surface area (Å²) in [5, 5.41) is 3.43. The van der Waals surface area contributed by atoms with E-state index in [1.165, 1.54) is 38.4 Å². The van der Waals surface area contributed by atoms with Crippen LogP contribution in [0.15, 0.2) is 0 Å². The van der Waals surface area contributed by atoms with Gasteiger partial charge in [0.15, 0.2) is 9.84 Å². The van der Waals surface area contributed by atoms with E-state index in [1.54, 1.807) is 11.8 Å². The zero-order valence-electron chi connectivity index (χ0n) is 12.3. The van der Waals surface area contributed by atoms with Gasteiger partial charge in [-0.1, -0.05) is 0 Å². The Bertz CT molecular complexity index is 428. The van der Waals surface area contributed by atoms with Crippen LogP contribution in [0, 0.1) is 5.92 Å². The topological polar surface area (TPSA) is 49.4 Å². The lowest BCUT2D eigenvalue weighted by atomic mass is 9.89. The minimum atomic E-state index is -2.94. The average Bonchev–Trinajstić information content (AvgIpc) is 2.75. The van der Waals surface area contributed by atoms with Gasteiger partial charge in [0.1, 0.15) is 5.37 Å². The third-order valence-electron chi connectivity index (χ3n) is 5.08. The maximum atomic E-state index is 11.9.